The molecule has 6 heteroatoms. The highest BCUT2D eigenvalue weighted by atomic mass is 35.5. The lowest BCUT2D eigenvalue weighted by molar-refractivity contribution is 0.0697. The molecule has 1 unspecified atom stereocenters. The van der Waals surface area contributed by atoms with Crippen LogP contribution in [0.1, 0.15) is 28.2 Å². The van der Waals surface area contributed by atoms with Crippen LogP contribution in [0, 0.1) is 0 Å². The highest BCUT2D eigenvalue weighted by Gasteiger charge is 2.16. The lowest BCUT2D eigenvalue weighted by atomic mass is 10.2. The molecule has 2 aromatic rings. The highest BCUT2D eigenvalue weighted by Crippen LogP contribution is 2.28. The van der Waals surface area contributed by atoms with Gasteiger partial charge in [0.25, 0.3) is 0 Å². The zero-order valence-corrected chi connectivity index (χ0v) is 12.1. The van der Waals surface area contributed by atoms with Crippen molar-refractivity contribution in [2.75, 3.05) is 11.9 Å². The van der Waals surface area contributed by atoms with E-state index < -0.39 is 5.97 Å². The van der Waals surface area contributed by atoms with Gasteiger partial charge in [-0.05, 0) is 30.5 Å². The number of carbonyl (C=O) groups is 1. The number of hydrogen-bond acceptors (Lipinski definition) is 4. The largest absolute Gasteiger partial charge is 0.478 e. The van der Waals surface area contributed by atoms with E-state index in [1.807, 2.05) is 36.4 Å². The van der Waals surface area contributed by atoms with Crippen molar-refractivity contribution >= 4 is 34.7 Å². The number of aromatic carboxylic acids is 1. The molecule has 0 bridgehead atoms. The first-order valence-corrected chi connectivity index (χ1v) is 6.92. The van der Waals surface area contributed by atoms with E-state index in [0.29, 0.717) is 5.82 Å². The molecule has 0 aliphatic heterocycles. The standard InChI is InChI=1S/C13H13ClN2O2S/c1-8(10-4-3-5-19-10)16(2)12-7-9(13(17)18)6-11(14)15-12/h3-8H,1-2H3,(H,17,18). The van der Waals surface area contributed by atoms with Crippen LogP contribution in [0.15, 0.2) is 29.6 Å². The van der Waals surface area contributed by atoms with Gasteiger partial charge in [0, 0.05) is 11.9 Å². The Morgan fingerprint density at radius 1 is 1.53 bits per heavy atom. The van der Waals surface area contributed by atoms with Crippen LogP contribution in [-0.2, 0) is 0 Å². The molecule has 0 fully saturated rings. The van der Waals surface area contributed by atoms with E-state index in [2.05, 4.69) is 4.98 Å². The van der Waals surface area contributed by atoms with Gasteiger partial charge in [0.1, 0.15) is 11.0 Å². The average Bonchev–Trinajstić information content (AvgIpc) is 2.90. The summed E-state index contributed by atoms with van der Waals surface area (Å²) in [6.07, 6.45) is 0. The van der Waals surface area contributed by atoms with E-state index in [-0.39, 0.29) is 16.8 Å². The summed E-state index contributed by atoms with van der Waals surface area (Å²) in [5.74, 6) is -0.464. The van der Waals surface area contributed by atoms with Gasteiger partial charge < -0.3 is 10.0 Å². The van der Waals surface area contributed by atoms with E-state index in [4.69, 9.17) is 16.7 Å². The van der Waals surface area contributed by atoms with Crippen LogP contribution >= 0.6 is 22.9 Å². The molecule has 2 rings (SSSR count). The Morgan fingerprint density at radius 3 is 2.84 bits per heavy atom. The molecule has 100 valence electrons. The van der Waals surface area contributed by atoms with E-state index in [9.17, 15) is 4.79 Å². The van der Waals surface area contributed by atoms with Gasteiger partial charge in [-0.3, -0.25) is 0 Å². The van der Waals surface area contributed by atoms with Crippen molar-refractivity contribution in [3.05, 3.63) is 45.2 Å². The predicted molar refractivity (Wildman–Crippen MR) is 77.3 cm³/mol. The zero-order valence-electron chi connectivity index (χ0n) is 10.5. The Labute approximate surface area is 120 Å². The van der Waals surface area contributed by atoms with E-state index in [1.165, 1.54) is 17.0 Å². The summed E-state index contributed by atoms with van der Waals surface area (Å²) in [4.78, 5) is 18.3. The Hall–Kier alpha value is -1.59. The molecule has 2 aromatic heterocycles. The van der Waals surface area contributed by atoms with Crippen molar-refractivity contribution in [3.63, 3.8) is 0 Å². The quantitative estimate of drug-likeness (QED) is 0.874. The molecule has 0 aromatic carbocycles. The van der Waals surface area contributed by atoms with Crippen molar-refractivity contribution in [2.45, 2.75) is 13.0 Å². The predicted octanol–water partition coefficient (Wildman–Crippen LogP) is 3.69. The monoisotopic (exact) mass is 296 g/mol. The van der Waals surface area contributed by atoms with Gasteiger partial charge in [-0.1, -0.05) is 17.7 Å². The molecule has 0 aliphatic rings. The number of nitrogens with zero attached hydrogens (tertiary/aromatic N) is 2. The fraction of sp³-hybridized carbons (Fsp3) is 0.231. The Morgan fingerprint density at radius 2 is 2.26 bits per heavy atom. The van der Waals surface area contributed by atoms with Gasteiger partial charge in [-0.2, -0.15) is 0 Å². The van der Waals surface area contributed by atoms with Gasteiger partial charge in [0.15, 0.2) is 0 Å². The van der Waals surface area contributed by atoms with Gasteiger partial charge in [-0.15, -0.1) is 11.3 Å². The zero-order chi connectivity index (χ0) is 14.0. The van der Waals surface area contributed by atoms with Crippen molar-refractivity contribution in [2.24, 2.45) is 0 Å². The van der Waals surface area contributed by atoms with Gasteiger partial charge >= 0.3 is 5.97 Å². The van der Waals surface area contributed by atoms with E-state index in [1.54, 1.807) is 11.3 Å². The summed E-state index contributed by atoms with van der Waals surface area (Å²) in [5, 5.41) is 11.2. The number of aromatic nitrogens is 1. The number of hydrogen-bond donors (Lipinski definition) is 1. The SMILES string of the molecule is CC(c1cccs1)N(C)c1cc(C(=O)O)cc(Cl)n1. The molecule has 4 nitrogen and oxygen atoms in total. The first-order valence-electron chi connectivity index (χ1n) is 5.66. The maximum atomic E-state index is 11.0. The molecule has 1 N–H and O–H groups in total. The third-order valence-corrected chi connectivity index (χ3v) is 4.16. The fourth-order valence-corrected chi connectivity index (χ4v) is 2.74. The summed E-state index contributed by atoms with van der Waals surface area (Å²) in [6.45, 7) is 2.04. The number of anilines is 1. The molecule has 0 saturated carbocycles. The third kappa shape index (κ3) is 3.05. The van der Waals surface area contributed by atoms with Crippen LogP contribution in [0.25, 0.3) is 0 Å². The van der Waals surface area contributed by atoms with E-state index in [0.717, 1.165) is 0 Å². The summed E-state index contributed by atoms with van der Waals surface area (Å²) >= 11 is 7.52. The third-order valence-electron chi connectivity index (χ3n) is 2.92. The number of halogens is 1. The Bertz CT molecular complexity index is 586. The van der Waals surface area contributed by atoms with Crippen LogP contribution in [0.5, 0.6) is 0 Å². The normalized spacial score (nSPS) is 12.2. The van der Waals surface area contributed by atoms with Crippen LogP contribution in [0.4, 0.5) is 5.82 Å². The molecule has 1 atom stereocenters. The van der Waals surface area contributed by atoms with Crippen molar-refractivity contribution < 1.29 is 9.90 Å². The molecule has 0 amide bonds. The summed E-state index contributed by atoms with van der Waals surface area (Å²) < 4.78 is 0. The lowest BCUT2D eigenvalue weighted by Crippen LogP contribution is -2.22. The topological polar surface area (TPSA) is 53.4 Å². The number of carboxylic acid groups (broad SMARTS) is 1. The van der Waals surface area contributed by atoms with Gasteiger partial charge in [0.05, 0.1) is 11.6 Å². The maximum Gasteiger partial charge on any atom is 0.335 e. The molecule has 2 heterocycles. The minimum Gasteiger partial charge on any atom is -0.478 e. The second-order valence-corrected chi connectivity index (χ2v) is 5.51. The number of rotatable bonds is 4. The number of thiophene rings is 1. The molecule has 19 heavy (non-hydrogen) atoms. The second-order valence-electron chi connectivity index (χ2n) is 4.14. The first-order chi connectivity index (χ1) is 8.99. The van der Waals surface area contributed by atoms with Crippen LogP contribution < -0.4 is 4.90 Å². The highest BCUT2D eigenvalue weighted by molar-refractivity contribution is 7.10. The smallest absolute Gasteiger partial charge is 0.335 e. The van der Waals surface area contributed by atoms with Gasteiger partial charge in [-0.25, -0.2) is 9.78 Å². The van der Waals surface area contributed by atoms with Crippen molar-refractivity contribution in [3.8, 4) is 0 Å². The number of carboxylic acids is 1. The second kappa shape index (κ2) is 5.59. The summed E-state index contributed by atoms with van der Waals surface area (Å²) in [7, 11) is 1.87. The maximum absolute atomic E-state index is 11.0. The van der Waals surface area contributed by atoms with Gasteiger partial charge in [0.2, 0.25) is 0 Å². The lowest BCUT2D eigenvalue weighted by Gasteiger charge is -2.25. The molecule has 0 spiro atoms. The van der Waals surface area contributed by atoms with Crippen LogP contribution in [-0.4, -0.2) is 23.1 Å². The van der Waals surface area contributed by atoms with E-state index >= 15 is 0 Å². The average molecular weight is 297 g/mol. The molecule has 0 aliphatic carbocycles. The summed E-state index contributed by atoms with van der Waals surface area (Å²) in [6, 6.07) is 7.00. The van der Waals surface area contributed by atoms with Crippen LogP contribution in [0.2, 0.25) is 5.15 Å². The molecular weight excluding hydrogens is 284 g/mol. The molecule has 0 saturated heterocycles. The first kappa shape index (κ1) is 13.8. The minimum atomic E-state index is -1.01. The Kier molecular flexibility index (Phi) is 4.07. The minimum absolute atomic E-state index is 0.104. The fourth-order valence-electron chi connectivity index (χ4n) is 1.71. The number of pyridine rings is 1. The van der Waals surface area contributed by atoms with Crippen molar-refractivity contribution in [1.82, 2.24) is 4.98 Å². The van der Waals surface area contributed by atoms with Crippen LogP contribution in [0.3, 0.4) is 0 Å². The molecular formula is C13H13ClN2O2S. The summed E-state index contributed by atoms with van der Waals surface area (Å²) in [5.41, 5.74) is 0.139. The van der Waals surface area contributed by atoms with Crippen molar-refractivity contribution in [1.29, 1.82) is 0 Å². The Balaban J connectivity index is 2.33. The molecule has 0 radical (unpaired) electrons.